The van der Waals surface area contributed by atoms with E-state index in [1.165, 1.54) is 0 Å². The van der Waals surface area contributed by atoms with E-state index in [4.69, 9.17) is 4.74 Å². The first-order valence-corrected chi connectivity index (χ1v) is 11.5. The molecule has 0 bridgehead atoms. The van der Waals surface area contributed by atoms with Gasteiger partial charge in [-0.15, -0.1) is 0 Å². The molecule has 2 amide bonds. The lowest BCUT2D eigenvalue weighted by Gasteiger charge is -2.36. The predicted octanol–water partition coefficient (Wildman–Crippen LogP) is 4.13. The maximum absolute atomic E-state index is 13.6. The second-order valence-corrected chi connectivity index (χ2v) is 8.21. The van der Waals surface area contributed by atoms with E-state index in [1.54, 1.807) is 4.90 Å². The minimum atomic E-state index is -0.344. The summed E-state index contributed by atoms with van der Waals surface area (Å²) >= 11 is 0. The van der Waals surface area contributed by atoms with Crippen molar-refractivity contribution in [2.75, 3.05) is 32.8 Å². The fourth-order valence-corrected chi connectivity index (χ4v) is 4.29. The van der Waals surface area contributed by atoms with Gasteiger partial charge in [0.05, 0.1) is 5.92 Å². The van der Waals surface area contributed by atoms with Gasteiger partial charge in [0.25, 0.3) is 5.91 Å². The Morgan fingerprint density at radius 1 is 0.758 bits per heavy atom. The van der Waals surface area contributed by atoms with Crippen molar-refractivity contribution < 1.29 is 14.3 Å². The Hall–Kier alpha value is -3.60. The Bertz CT molecular complexity index is 1020. The number of hydrogen-bond acceptors (Lipinski definition) is 3. The van der Waals surface area contributed by atoms with E-state index in [-0.39, 0.29) is 24.3 Å². The molecule has 1 aliphatic rings. The first-order chi connectivity index (χ1) is 16.2. The molecule has 5 heteroatoms. The monoisotopic (exact) mass is 442 g/mol. The number of benzene rings is 3. The molecule has 0 atom stereocenters. The van der Waals surface area contributed by atoms with Gasteiger partial charge in [0.1, 0.15) is 5.75 Å². The van der Waals surface area contributed by atoms with Crippen molar-refractivity contribution in [2.24, 2.45) is 0 Å². The van der Waals surface area contributed by atoms with Crippen molar-refractivity contribution >= 4 is 11.8 Å². The van der Waals surface area contributed by atoms with Crippen LogP contribution in [-0.4, -0.2) is 54.4 Å². The molecule has 1 aliphatic heterocycles. The van der Waals surface area contributed by atoms with Crippen molar-refractivity contribution in [1.82, 2.24) is 9.80 Å². The van der Waals surface area contributed by atoms with Crippen LogP contribution in [0.5, 0.6) is 5.75 Å². The number of carbonyl (C=O) groups excluding carboxylic acids is 2. The van der Waals surface area contributed by atoms with Gasteiger partial charge in [-0.3, -0.25) is 9.59 Å². The zero-order valence-corrected chi connectivity index (χ0v) is 19.0. The predicted molar refractivity (Wildman–Crippen MR) is 129 cm³/mol. The van der Waals surface area contributed by atoms with Crippen LogP contribution < -0.4 is 4.74 Å². The molecule has 0 aliphatic carbocycles. The summed E-state index contributed by atoms with van der Waals surface area (Å²) in [5.41, 5.74) is 3.05. The second kappa shape index (κ2) is 10.8. The van der Waals surface area contributed by atoms with E-state index in [9.17, 15) is 9.59 Å². The summed E-state index contributed by atoms with van der Waals surface area (Å²) in [6.45, 7) is 4.15. The van der Waals surface area contributed by atoms with Crippen LogP contribution in [0, 0.1) is 0 Å². The van der Waals surface area contributed by atoms with E-state index >= 15 is 0 Å². The topological polar surface area (TPSA) is 49.9 Å². The molecule has 3 aromatic carbocycles. The van der Waals surface area contributed by atoms with Crippen molar-refractivity contribution in [2.45, 2.75) is 19.3 Å². The van der Waals surface area contributed by atoms with Gasteiger partial charge in [-0.25, -0.2) is 0 Å². The van der Waals surface area contributed by atoms with Gasteiger partial charge < -0.3 is 14.5 Å². The number of nitrogens with zero attached hydrogens (tertiary/aromatic N) is 2. The molecule has 0 saturated carbocycles. The number of hydrogen-bond donors (Lipinski definition) is 0. The summed E-state index contributed by atoms with van der Waals surface area (Å²) < 4.78 is 5.80. The van der Waals surface area contributed by atoms with Gasteiger partial charge >= 0.3 is 0 Å². The van der Waals surface area contributed by atoms with Crippen LogP contribution in [0.1, 0.15) is 29.5 Å². The molecule has 170 valence electrons. The number of aryl methyl sites for hydroxylation is 1. The highest BCUT2D eigenvalue weighted by molar-refractivity contribution is 5.87. The molecule has 0 unspecified atom stereocenters. The minimum absolute atomic E-state index is 0.0155. The maximum Gasteiger partial charge on any atom is 0.260 e. The van der Waals surface area contributed by atoms with Crippen molar-refractivity contribution in [1.29, 1.82) is 0 Å². The molecule has 5 nitrogen and oxygen atoms in total. The molecule has 0 aromatic heterocycles. The van der Waals surface area contributed by atoms with Gasteiger partial charge in [-0.1, -0.05) is 85.8 Å². The molecular formula is C28H30N2O3. The maximum atomic E-state index is 13.6. The average Bonchev–Trinajstić information content (AvgIpc) is 2.89. The van der Waals surface area contributed by atoms with Gasteiger partial charge in [0.15, 0.2) is 6.61 Å². The lowest BCUT2D eigenvalue weighted by Crippen LogP contribution is -2.52. The SMILES string of the molecule is CCc1ccccc1OCC(=O)N1CCN(C(=O)C(c2ccccc2)c2ccccc2)CC1. The summed E-state index contributed by atoms with van der Waals surface area (Å²) in [6, 6.07) is 27.6. The first-order valence-electron chi connectivity index (χ1n) is 11.5. The fraction of sp³-hybridized carbons (Fsp3) is 0.286. The highest BCUT2D eigenvalue weighted by Gasteiger charge is 2.31. The summed E-state index contributed by atoms with van der Waals surface area (Å²) in [6.07, 6.45) is 0.856. The number of amides is 2. The third-order valence-corrected chi connectivity index (χ3v) is 6.16. The van der Waals surface area contributed by atoms with E-state index in [1.807, 2.05) is 89.8 Å². The van der Waals surface area contributed by atoms with Crippen LogP contribution in [0.15, 0.2) is 84.9 Å². The molecule has 33 heavy (non-hydrogen) atoms. The molecule has 1 fully saturated rings. The van der Waals surface area contributed by atoms with E-state index in [0.29, 0.717) is 26.2 Å². The summed E-state index contributed by atoms with van der Waals surface area (Å²) in [7, 11) is 0. The molecular weight excluding hydrogens is 412 g/mol. The first kappa shape index (κ1) is 22.6. The minimum Gasteiger partial charge on any atom is -0.483 e. The second-order valence-electron chi connectivity index (χ2n) is 8.21. The number of ether oxygens (including phenoxy) is 1. The fourth-order valence-electron chi connectivity index (χ4n) is 4.29. The highest BCUT2D eigenvalue weighted by Crippen LogP contribution is 2.27. The van der Waals surface area contributed by atoms with E-state index in [0.717, 1.165) is 28.9 Å². The van der Waals surface area contributed by atoms with Gasteiger partial charge in [-0.2, -0.15) is 0 Å². The van der Waals surface area contributed by atoms with Crippen molar-refractivity contribution in [3.63, 3.8) is 0 Å². The third-order valence-electron chi connectivity index (χ3n) is 6.16. The summed E-state index contributed by atoms with van der Waals surface area (Å²) in [5, 5.41) is 0. The molecule has 4 rings (SSSR count). The van der Waals surface area contributed by atoms with Crippen LogP contribution >= 0.6 is 0 Å². The third kappa shape index (κ3) is 5.43. The zero-order chi connectivity index (χ0) is 23.0. The van der Waals surface area contributed by atoms with Gasteiger partial charge in [0.2, 0.25) is 5.91 Å². The van der Waals surface area contributed by atoms with Crippen LogP contribution in [0.2, 0.25) is 0 Å². The Labute approximate surface area is 195 Å². The Balaban J connectivity index is 1.38. The van der Waals surface area contributed by atoms with Gasteiger partial charge in [0, 0.05) is 26.2 Å². The van der Waals surface area contributed by atoms with Crippen molar-refractivity contribution in [3.05, 3.63) is 102 Å². The molecule has 3 aromatic rings. The molecule has 0 N–H and O–H groups in total. The molecule has 0 radical (unpaired) electrons. The smallest absolute Gasteiger partial charge is 0.260 e. The van der Waals surface area contributed by atoms with Crippen LogP contribution in [-0.2, 0) is 16.0 Å². The Kier molecular flexibility index (Phi) is 7.40. The molecule has 1 heterocycles. The number of carbonyl (C=O) groups is 2. The molecule has 0 spiro atoms. The molecule has 1 saturated heterocycles. The number of rotatable bonds is 7. The standard InChI is InChI=1S/C28H30N2O3/c1-2-22-11-9-10-16-25(22)33-21-26(31)29-17-19-30(20-18-29)28(32)27(23-12-5-3-6-13-23)24-14-7-4-8-15-24/h3-16,27H,2,17-21H2,1H3. The zero-order valence-electron chi connectivity index (χ0n) is 19.0. The lowest BCUT2D eigenvalue weighted by molar-refractivity contribution is -0.141. The highest BCUT2D eigenvalue weighted by atomic mass is 16.5. The average molecular weight is 443 g/mol. The number of para-hydroxylation sites is 1. The van der Waals surface area contributed by atoms with E-state index < -0.39 is 0 Å². The van der Waals surface area contributed by atoms with Crippen LogP contribution in [0.3, 0.4) is 0 Å². The normalized spacial score (nSPS) is 13.8. The van der Waals surface area contributed by atoms with Gasteiger partial charge in [-0.05, 0) is 29.2 Å². The quantitative estimate of drug-likeness (QED) is 0.553. The summed E-state index contributed by atoms with van der Waals surface area (Å²) in [4.78, 5) is 29.9. The Morgan fingerprint density at radius 2 is 1.27 bits per heavy atom. The van der Waals surface area contributed by atoms with E-state index in [2.05, 4.69) is 6.92 Å². The summed E-state index contributed by atoms with van der Waals surface area (Å²) in [5.74, 6) is 0.447. The van der Waals surface area contributed by atoms with Crippen molar-refractivity contribution in [3.8, 4) is 5.75 Å². The van der Waals surface area contributed by atoms with Crippen LogP contribution in [0.4, 0.5) is 0 Å². The Morgan fingerprint density at radius 3 is 1.85 bits per heavy atom. The largest absolute Gasteiger partial charge is 0.483 e. The van der Waals surface area contributed by atoms with Crippen LogP contribution in [0.25, 0.3) is 0 Å². The lowest BCUT2D eigenvalue weighted by atomic mass is 9.90. The number of piperazine rings is 1.